The van der Waals surface area contributed by atoms with E-state index in [0.29, 0.717) is 0 Å². The Hall–Kier alpha value is -7.39. The molecule has 4 heteroatoms. The van der Waals surface area contributed by atoms with Crippen molar-refractivity contribution in [3.63, 3.8) is 0 Å². The highest BCUT2D eigenvalue weighted by Crippen LogP contribution is 2.33. The molecule has 0 heterocycles. The van der Waals surface area contributed by atoms with Crippen LogP contribution in [0.5, 0.6) is 0 Å². The third kappa shape index (κ3) is 10.4. The fourth-order valence-corrected chi connectivity index (χ4v) is 7.93. The summed E-state index contributed by atoms with van der Waals surface area (Å²) in [6.07, 6.45) is 1.81. The Morgan fingerprint density at radius 2 is 0.918 bits per heavy atom. The normalized spacial score (nSPS) is 10.3. The van der Waals surface area contributed by atoms with E-state index in [0.717, 1.165) is 53.1 Å². The van der Waals surface area contributed by atoms with E-state index in [9.17, 15) is 4.79 Å². The van der Waals surface area contributed by atoms with E-state index in [1.165, 1.54) is 54.9 Å². The van der Waals surface area contributed by atoms with Gasteiger partial charge >= 0.3 is 0 Å². The molecule has 0 spiro atoms. The maximum absolute atomic E-state index is 13.0. The minimum atomic E-state index is 0.0969. The first-order valence-electron chi connectivity index (χ1n) is 20.9. The molecule has 302 valence electrons. The second kappa shape index (κ2) is 21.6. The van der Waals surface area contributed by atoms with Gasteiger partial charge in [0.2, 0.25) is 6.08 Å². The summed E-state index contributed by atoms with van der Waals surface area (Å²) in [6.45, 7) is 9.88. The number of amides is 1. The Morgan fingerprint density at radius 1 is 0.492 bits per heavy atom. The molecular weight excluding hydrogens is 745 g/mol. The second-order valence-corrected chi connectivity index (χ2v) is 14.6. The van der Waals surface area contributed by atoms with Crippen LogP contribution in [-0.4, -0.2) is 30.0 Å². The van der Waals surface area contributed by atoms with Crippen LogP contribution in [0.1, 0.15) is 42.3 Å². The van der Waals surface area contributed by atoms with Gasteiger partial charge in [0, 0.05) is 18.7 Å². The fourth-order valence-electron chi connectivity index (χ4n) is 7.93. The first-order chi connectivity index (χ1) is 29.9. The summed E-state index contributed by atoms with van der Waals surface area (Å²) >= 11 is 0. The molecular formula is C57H52N2O2. The average Bonchev–Trinajstić information content (AvgIpc) is 3.32. The molecule has 1 N–H and O–H groups in total. The number of rotatable bonds is 7. The van der Waals surface area contributed by atoms with Crippen LogP contribution in [0.2, 0.25) is 0 Å². The predicted molar refractivity (Wildman–Crippen MR) is 258 cm³/mol. The number of fused-ring (bicyclic) bond motifs is 3. The standard InChI is InChI=1S/C21H21NO.C18H16.C17H14.CHNO/c1-3-22(4-2)21(23)20-15-18-13-9-8-12-17(18)14-19(20)16-10-6-5-7-11-16;1-2-16-17-11-7-6-10-15(17)12-13-18(16)14-8-4-3-5-9-14;1-13-11-12-14-7-5-6-10-16(14)17(13)15-8-3-2-4-9-15;2-1-3/h5-15H,3-4H2,1-2H3;3-13H,2H2,1H3;2-12H,1H3;2H. The van der Waals surface area contributed by atoms with E-state index in [1.54, 1.807) is 0 Å². The molecule has 4 nitrogen and oxygen atoms in total. The number of carbonyl (C=O) groups is 1. The number of nitrogens with zero attached hydrogens (tertiary/aromatic N) is 1. The smallest absolute Gasteiger partial charge is 0.254 e. The summed E-state index contributed by atoms with van der Waals surface area (Å²) in [7, 11) is 0. The molecule has 61 heavy (non-hydrogen) atoms. The van der Waals surface area contributed by atoms with Gasteiger partial charge < -0.3 is 4.90 Å². The molecule has 0 aliphatic heterocycles. The summed E-state index contributed by atoms with van der Waals surface area (Å²) in [5, 5.41) is 13.0. The number of hydrogen-bond donors (Lipinski definition) is 1. The van der Waals surface area contributed by atoms with Crippen LogP contribution in [0.25, 0.3) is 65.7 Å². The zero-order chi connectivity index (χ0) is 43.0. The SMILES string of the molecule is CCN(CC)C(=O)c1cc2ccccc2cc1-c1ccccc1.CCc1c(-c2ccccc2)ccc2ccccc12.Cc1ccc2ccccc2c1-c1ccccc1.N=C=O. The molecule has 0 bridgehead atoms. The first kappa shape index (κ1) is 43.2. The highest BCUT2D eigenvalue weighted by Gasteiger charge is 2.18. The van der Waals surface area contributed by atoms with Crippen molar-refractivity contribution in [2.45, 2.75) is 34.1 Å². The average molecular weight is 797 g/mol. The van der Waals surface area contributed by atoms with E-state index < -0.39 is 0 Å². The molecule has 9 rings (SSSR count). The van der Waals surface area contributed by atoms with Crippen LogP contribution in [0.4, 0.5) is 0 Å². The van der Waals surface area contributed by atoms with E-state index in [1.807, 2.05) is 55.1 Å². The van der Waals surface area contributed by atoms with Gasteiger partial charge in [-0.3, -0.25) is 4.79 Å². The quantitative estimate of drug-likeness (QED) is 0.129. The van der Waals surface area contributed by atoms with Crippen molar-refractivity contribution in [1.29, 1.82) is 5.41 Å². The molecule has 0 aliphatic rings. The van der Waals surface area contributed by atoms with Gasteiger partial charge in [0.1, 0.15) is 0 Å². The van der Waals surface area contributed by atoms with E-state index in [4.69, 9.17) is 10.2 Å². The highest BCUT2D eigenvalue weighted by molar-refractivity contribution is 6.05. The second-order valence-electron chi connectivity index (χ2n) is 14.6. The molecule has 9 aromatic rings. The monoisotopic (exact) mass is 796 g/mol. The molecule has 1 amide bonds. The van der Waals surface area contributed by atoms with Crippen LogP contribution in [0.3, 0.4) is 0 Å². The van der Waals surface area contributed by atoms with Crippen LogP contribution in [0, 0.1) is 12.3 Å². The zero-order valence-corrected chi connectivity index (χ0v) is 35.4. The van der Waals surface area contributed by atoms with Crippen LogP contribution < -0.4 is 0 Å². The maximum atomic E-state index is 13.0. The lowest BCUT2D eigenvalue weighted by atomic mass is 9.93. The minimum Gasteiger partial charge on any atom is -0.339 e. The van der Waals surface area contributed by atoms with Gasteiger partial charge in [-0.15, -0.1) is 0 Å². The number of nitrogens with one attached hydrogen (secondary N) is 1. The number of isocyanates is 1. The van der Waals surface area contributed by atoms with Crippen LogP contribution in [-0.2, 0) is 11.2 Å². The Kier molecular flexibility index (Phi) is 15.3. The predicted octanol–water partition coefficient (Wildman–Crippen LogP) is 14.8. The molecule has 0 radical (unpaired) electrons. The molecule has 0 fully saturated rings. The van der Waals surface area contributed by atoms with E-state index in [-0.39, 0.29) is 5.91 Å². The maximum Gasteiger partial charge on any atom is 0.254 e. The van der Waals surface area contributed by atoms with Crippen molar-refractivity contribution in [3.8, 4) is 33.4 Å². The van der Waals surface area contributed by atoms with Crippen LogP contribution in [0.15, 0.2) is 200 Å². The van der Waals surface area contributed by atoms with E-state index >= 15 is 0 Å². The highest BCUT2D eigenvalue weighted by atomic mass is 16.2. The Morgan fingerprint density at radius 3 is 1.46 bits per heavy atom. The lowest BCUT2D eigenvalue weighted by Crippen LogP contribution is -2.30. The Bertz CT molecular complexity index is 2860. The number of carbonyl (C=O) groups excluding carboxylic acids is 2. The molecule has 0 saturated carbocycles. The van der Waals surface area contributed by atoms with E-state index in [2.05, 4.69) is 178 Å². The Labute approximate surface area is 360 Å². The number of aryl methyl sites for hydroxylation is 2. The van der Waals surface area contributed by atoms with Gasteiger partial charge in [-0.2, -0.15) is 0 Å². The van der Waals surface area contributed by atoms with Crippen molar-refractivity contribution in [3.05, 3.63) is 217 Å². The van der Waals surface area contributed by atoms with Gasteiger partial charge in [-0.05, 0) is 116 Å². The van der Waals surface area contributed by atoms with Crippen molar-refractivity contribution in [1.82, 2.24) is 4.90 Å². The Balaban J connectivity index is 0.000000150. The molecule has 0 atom stereocenters. The fraction of sp³-hybridized carbons (Fsp3) is 0.123. The van der Waals surface area contributed by atoms with Gasteiger partial charge in [0.25, 0.3) is 5.91 Å². The van der Waals surface area contributed by atoms with Crippen molar-refractivity contribution in [2.24, 2.45) is 0 Å². The summed E-state index contributed by atoms with van der Waals surface area (Å²) in [5.74, 6) is 0.0969. The largest absolute Gasteiger partial charge is 0.339 e. The van der Waals surface area contributed by atoms with Crippen molar-refractivity contribution >= 4 is 44.3 Å². The molecule has 0 aromatic heterocycles. The molecule has 0 aliphatic carbocycles. The molecule has 9 aromatic carbocycles. The summed E-state index contributed by atoms with van der Waals surface area (Å²) in [4.78, 5) is 23.2. The lowest BCUT2D eigenvalue weighted by molar-refractivity contribution is 0.0774. The van der Waals surface area contributed by atoms with Gasteiger partial charge in [0.05, 0.1) is 0 Å². The number of hydrogen-bond acceptors (Lipinski definition) is 3. The number of benzene rings is 9. The minimum absolute atomic E-state index is 0.0969. The third-order valence-corrected chi connectivity index (χ3v) is 10.9. The first-order valence-corrected chi connectivity index (χ1v) is 20.9. The lowest BCUT2D eigenvalue weighted by Gasteiger charge is -2.21. The van der Waals surface area contributed by atoms with Crippen LogP contribution >= 0.6 is 0 Å². The third-order valence-electron chi connectivity index (χ3n) is 10.9. The topological polar surface area (TPSA) is 61.2 Å². The van der Waals surface area contributed by atoms with Crippen molar-refractivity contribution < 1.29 is 9.59 Å². The zero-order valence-electron chi connectivity index (χ0n) is 35.4. The summed E-state index contributed by atoms with van der Waals surface area (Å²) in [5.41, 5.74) is 10.9. The molecule has 0 saturated heterocycles. The summed E-state index contributed by atoms with van der Waals surface area (Å²) < 4.78 is 0. The van der Waals surface area contributed by atoms with Crippen molar-refractivity contribution in [2.75, 3.05) is 13.1 Å². The molecule has 0 unspecified atom stereocenters. The van der Waals surface area contributed by atoms with Gasteiger partial charge in [-0.25, -0.2) is 10.2 Å². The summed E-state index contributed by atoms with van der Waals surface area (Å²) in [6, 6.07) is 69.8. The van der Waals surface area contributed by atoms with Gasteiger partial charge in [-0.1, -0.05) is 195 Å². The van der Waals surface area contributed by atoms with Gasteiger partial charge in [0.15, 0.2) is 0 Å².